The molecule has 3 N–H and O–H groups in total. The van der Waals surface area contributed by atoms with Gasteiger partial charge in [-0.1, -0.05) is 0 Å². The molecule has 6 nitrogen and oxygen atoms in total. The van der Waals surface area contributed by atoms with Gasteiger partial charge in [0.05, 0.1) is 22.2 Å². The number of nitrogens with one attached hydrogen (secondary N) is 3. The Morgan fingerprint density at radius 2 is 1.91 bits per heavy atom. The molecule has 0 radical (unpaired) electrons. The topological polar surface area (TPSA) is 82.7 Å². The van der Waals surface area contributed by atoms with Crippen molar-refractivity contribution in [2.24, 2.45) is 5.92 Å². The number of halogens is 4. The molecule has 0 atom stereocenters. The molecular formula is C23H23F4N5OS. The molecule has 0 spiro atoms. The number of fused-ring (bicyclic) bond motifs is 1. The average molecular weight is 494 g/mol. The van der Waals surface area contributed by atoms with Crippen molar-refractivity contribution in [2.75, 3.05) is 16.6 Å². The summed E-state index contributed by atoms with van der Waals surface area (Å²) in [7, 11) is 0. The van der Waals surface area contributed by atoms with Gasteiger partial charge in [0.2, 0.25) is 11.7 Å². The molecule has 11 heteroatoms. The third-order valence-electron chi connectivity index (χ3n) is 6.29. The van der Waals surface area contributed by atoms with Crippen molar-refractivity contribution in [1.29, 1.82) is 0 Å². The Bertz CT molecular complexity index is 1220. The van der Waals surface area contributed by atoms with E-state index in [1.165, 1.54) is 18.6 Å². The second-order valence-corrected chi connectivity index (χ2v) is 9.97. The highest BCUT2D eigenvalue weighted by Crippen LogP contribution is 2.39. The Labute approximate surface area is 197 Å². The number of hydrogen-bond acceptors (Lipinski definition) is 6. The highest BCUT2D eigenvalue weighted by molar-refractivity contribution is 8.01. The van der Waals surface area contributed by atoms with Crippen LogP contribution in [0.15, 0.2) is 24.7 Å². The molecule has 2 fully saturated rings. The number of aromatic amines is 1. The van der Waals surface area contributed by atoms with Crippen LogP contribution in [-0.4, -0.2) is 38.5 Å². The van der Waals surface area contributed by atoms with Crippen LogP contribution in [0.25, 0.3) is 11.0 Å². The Morgan fingerprint density at radius 1 is 1.15 bits per heavy atom. The van der Waals surface area contributed by atoms with Gasteiger partial charge in [0.25, 0.3) is 0 Å². The van der Waals surface area contributed by atoms with E-state index in [4.69, 9.17) is 0 Å². The lowest BCUT2D eigenvalue weighted by Crippen LogP contribution is -2.26. The van der Waals surface area contributed by atoms with Gasteiger partial charge in [-0.3, -0.25) is 4.79 Å². The molecular weight excluding hydrogens is 470 g/mol. The van der Waals surface area contributed by atoms with Gasteiger partial charge in [-0.05, 0) is 55.7 Å². The summed E-state index contributed by atoms with van der Waals surface area (Å²) in [6, 6.07) is 2.22. The minimum Gasteiger partial charge on any atom is -0.369 e. The number of aromatic nitrogens is 3. The van der Waals surface area contributed by atoms with E-state index in [0.29, 0.717) is 29.3 Å². The number of anilines is 2. The number of H-pyrrole nitrogens is 1. The zero-order chi connectivity index (χ0) is 23.9. The fraction of sp³-hybridized carbons (Fsp3) is 0.435. The van der Waals surface area contributed by atoms with Crippen LogP contribution in [0.2, 0.25) is 0 Å². The third-order valence-corrected chi connectivity index (χ3v) is 7.43. The predicted molar refractivity (Wildman–Crippen MR) is 123 cm³/mol. The Balaban J connectivity index is 1.39. The van der Waals surface area contributed by atoms with E-state index in [-0.39, 0.29) is 42.2 Å². The number of carbonyl (C=O) groups excluding carboxylic acids is 1. The van der Waals surface area contributed by atoms with Crippen LogP contribution in [-0.2, 0) is 0 Å². The molecule has 2 aliphatic carbocycles. The SMILES string of the molecule is O=C(c1c(F)ccc(NSC2CCC(F)(F)CC2)c1F)c1c[nH]c2ncnc(NCC3CC3)c12. The van der Waals surface area contributed by atoms with E-state index in [0.717, 1.165) is 30.9 Å². The molecule has 2 aliphatic rings. The molecule has 5 rings (SSSR count). The molecule has 3 aromatic rings. The Morgan fingerprint density at radius 3 is 2.65 bits per heavy atom. The second-order valence-electron chi connectivity index (χ2n) is 8.86. The maximum atomic E-state index is 15.3. The first-order valence-electron chi connectivity index (χ1n) is 11.2. The number of rotatable bonds is 8. The molecule has 0 amide bonds. The van der Waals surface area contributed by atoms with Crippen LogP contribution in [0, 0.1) is 17.6 Å². The number of hydrogen-bond donors (Lipinski definition) is 3. The lowest BCUT2D eigenvalue weighted by molar-refractivity contribution is -0.0323. The van der Waals surface area contributed by atoms with E-state index < -0.39 is 28.9 Å². The molecule has 2 aromatic heterocycles. The van der Waals surface area contributed by atoms with Crippen molar-refractivity contribution in [2.45, 2.75) is 49.7 Å². The minimum absolute atomic E-state index is 0.0611. The van der Waals surface area contributed by atoms with E-state index in [1.807, 2.05) is 0 Å². The maximum absolute atomic E-state index is 15.3. The van der Waals surface area contributed by atoms with Crippen molar-refractivity contribution < 1.29 is 22.4 Å². The number of carbonyl (C=O) groups is 1. The first-order chi connectivity index (χ1) is 16.3. The molecule has 0 saturated heterocycles. The summed E-state index contributed by atoms with van der Waals surface area (Å²) >= 11 is 1.12. The Kier molecular flexibility index (Phi) is 6.13. The predicted octanol–water partition coefficient (Wildman–Crippen LogP) is 5.93. The van der Waals surface area contributed by atoms with Crippen molar-refractivity contribution in [1.82, 2.24) is 15.0 Å². The smallest absolute Gasteiger partial charge is 0.248 e. The third kappa shape index (κ3) is 4.70. The van der Waals surface area contributed by atoms with Crippen LogP contribution in [0.3, 0.4) is 0 Å². The van der Waals surface area contributed by atoms with Crippen LogP contribution >= 0.6 is 11.9 Å². The number of ketones is 1. The standard InChI is InChI=1S/C23H23F4N5OS/c24-15-3-4-16(32-34-13-5-7-23(26,27)8-6-13)19(25)18(15)20(33)14-10-29-22-17(14)21(30-11-31-22)28-9-12-1-2-12/h3-4,10-13,32H,1-2,5-9H2,(H2,28,29,30,31). The zero-order valence-electron chi connectivity index (χ0n) is 18.1. The zero-order valence-corrected chi connectivity index (χ0v) is 19.0. The van der Waals surface area contributed by atoms with E-state index in [2.05, 4.69) is 25.0 Å². The monoisotopic (exact) mass is 493 g/mol. The summed E-state index contributed by atoms with van der Waals surface area (Å²) in [5, 5.41) is 3.45. The van der Waals surface area contributed by atoms with E-state index in [1.54, 1.807) is 0 Å². The van der Waals surface area contributed by atoms with Gasteiger partial charge in [-0.2, -0.15) is 0 Å². The van der Waals surface area contributed by atoms with Crippen LogP contribution in [0.4, 0.5) is 29.1 Å². The quantitative estimate of drug-likeness (QED) is 0.205. The summed E-state index contributed by atoms with van der Waals surface area (Å²) in [4.78, 5) is 24.5. The summed E-state index contributed by atoms with van der Waals surface area (Å²) < 4.78 is 59.5. The molecule has 0 unspecified atom stereocenters. The first-order valence-corrected chi connectivity index (χ1v) is 12.1. The molecule has 1 aromatic carbocycles. The van der Waals surface area contributed by atoms with Gasteiger partial charge < -0.3 is 15.0 Å². The van der Waals surface area contributed by atoms with Crippen LogP contribution in [0.1, 0.15) is 54.4 Å². The number of benzene rings is 1. The first kappa shape index (κ1) is 22.9. The highest BCUT2D eigenvalue weighted by Gasteiger charge is 2.35. The maximum Gasteiger partial charge on any atom is 0.248 e. The molecule has 34 heavy (non-hydrogen) atoms. The number of nitrogens with zero attached hydrogens (tertiary/aromatic N) is 2. The van der Waals surface area contributed by atoms with Crippen molar-refractivity contribution in [3.8, 4) is 0 Å². The average Bonchev–Trinajstić information content (AvgIpc) is 3.54. The Hall–Kier alpha value is -2.82. The fourth-order valence-electron chi connectivity index (χ4n) is 4.09. The largest absolute Gasteiger partial charge is 0.369 e. The minimum atomic E-state index is -2.66. The van der Waals surface area contributed by atoms with Gasteiger partial charge in [0.1, 0.15) is 23.6 Å². The fourth-order valence-corrected chi connectivity index (χ4v) is 5.01. The van der Waals surface area contributed by atoms with Gasteiger partial charge in [0.15, 0.2) is 5.82 Å². The summed E-state index contributed by atoms with van der Waals surface area (Å²) in [6.45, 7) is 0.692. The molecule has 0 bridgehead atoms. The van der Waals surface area contributed by atoms with Crippen LogP contribution < -0.4 is 10.0 Å². The van der Waals surface area contributed by atoms with Crippen molar-refractivity contribution in [3.63, 3.8) is 0 Å². The summed E-state index contributed by atoms with van der Waals surface area (Å²) in [5.74, 6) is -4.54. The van der Waals surface area contributed by atoms with Gasteiger partial charge in [0, 0.05) is 30.8 Å². The highest BCUT2D eigenvalue weighted by atomic mass is 32.2. The molecule has 2 heterocycles. The molecule has 180 valence electrons. The lowest BCUT2D eigenvalue weighted by Gasteiger charge is -2.27. The lowest BCUT2D eigenvalue weighted by atomic mass is 9.96. The summed E-state index contributed by atoms with van der Waals surface area (Å²) in [5.41, 5.74) is -0.323. The normalized spacial score (nSPS) is 18.2. The van der Waals surface area contributed by atoms with Crippen molar-refractivity contribution >= 4 is 40.3 Å². The van der Waals surface area contributed by atoms with Crippen LogP contribution in [0.5, 0.6) is 0 Å². The van der Waals surface area contributed by atoms with E-state index >= 15 is 4.39 Å². The van der Waals surface area contributed by atoms with Gasteiger partial charge >= 0.3 is 0 Å². The molecule has 2 saturated carbocycles. The second kappa shape index (κ2) is 9.09. The van der Waals surface area contributed by atoms with Gasteiger partial charge in [-0.15, -0.1) is 0 Å². The summed E-state index contributed by atoms with van der Waals surface area (Å²) in [6.07, 6.45) is 5.10. The van der Waals surface area contributed by atoms with Gasteiger partial charge in [-0.25, -0.2) is 27.5 Å². The van der Waals surface area contributed by atoms with Crippen molar-refractivity contribution in [3.05, 3.63) is 47.4 Å². The number of alkyl halides is 2. The molecule has 0 aliphatic heterocycles. The van der Waals surface area contributed by atoms with E-state index in [9.17, 15) is 18.0 Å².